The van der Waals surface area contributed by atoms with Gasteiger partial charge < -0.3 is 10.1 Å². The van der Waals surface area contributed by atoms with Crippen molar-refractivity contribution in [1.29, 1.82) is 0 Å². The number of aryl methyl sites for hydroxylation is 1. The Morgan fingerprint density at radius 2 is 1.69 bits per heavy atom. The summed E-state index contributed by atoms with van der Waals surface area (Å²) >= 11 is 0. The van der Waals surface area contributed by atoms with Gasteiger partial charge in [-0.3, -0.25) is 23.4 Å². The van der Waals surface area contributed by atoms with E-state index in [2.05, 4.69) is 15.0 Å². The molecular weight excluding hydrogens is 474 g/mol. The number of rotatable bonds is 6. The quantitative estimate of drug-likeness (QED) is 0.415. The molecule has 0 spiro atoms. The lowest BCUT2D eigenvalue weighted by molar-refractivity contribution is 0.102. The molecule has 12 heteroatoms. The van der Waals surface area contributed by atoms with Gasteiger partial charge in [-0.15, -0.1) is 0 Å². The van der Waals surface area contributed by atoms with Gasteiger partial charge in [0.2, 0.25) is 0 Å². The van der Waals surface area contributed by atoms with Crippen molar-refractivity contribution in [2.24, 2.45) is 14.1 Å². The maximum Gasteiger partial charge on any atom is 0.332 e. The molecule has 0 aliphatic rings. The van der Waals surface area contributed by atoms with Crippen LogP contribution in [0.15, 0.2) is 75.3 Å². The summed E-state index contributed by atoms with van der Waals surface area (Å²) in [6.45, 7) is 0. The van der Waals surface area contributed by atoms with Gasteiger partial charge in [-0.05, 0) is 42.5 Å². The van der Waals surface area contributed by atoms with Crippen LogP contribution in [0.4, 0.5) is 11.4 Å². The molecular formula is C23H21N5O6S. The highest BCUT2D eigenvalue weighted by atomic mass is 32.2. The molecule has 0 saturated heterocycles. The van der Waals surface area contributed by atoms with Crippen LogP contribution in [0.3, 0.4) is 0 Å². The molecule has 0 radical (unpaired) electrons. The minimum atomic E-state index is -4.11. The first-order valence-corrected chi connectivity index (χ1v) is 11.7. The van der Waals surface area contributed by atoms with Crippen LogP contribution >= 0.6 is 0 Å². The molecule has 0 atom stereocenters. The SMILES string of the molecule is COc1ccccc1NC(=O)c1ccc(NS(=O)(=O)c2cnc3c(c2)c(=O)n(C)c(=O)n3C)cc1. The summed E-state index contributed by atoms with van der Waals surface area (Å²) < 4.78 is 35.5. The van der Waals surface area contributed by atoms with Gasteiger partial charge in [-0.2, -0.15) is 0 Å². The number of nitrogens with one attached hydrogen (secondary N) is 2. The molecule has 180 valence electrons. The number of hydrogen-bond donors (Lipinski definition) is 2. The zero-order valence-electron chi connectivity index (χ0n) is 19.0. The highest BCUT2D eigenvalue weighted by Crippen LogP contribution is 2.24. The molecule has 0 bridgehead atoms. The van der Waals surface area contributed by atoms with E-state index in [-0.39, 0.29) is 21.6 Å². The number of carbonyl (C=O) groups excluding carboxylic acids is 1. The third-order valence-electron chi connectivity index (χ3n) is 5.33. The van der Waals surface area contributed by atoms with Crippen LogP contribution in [0.1, 0.15) is 10.4 Å². The lowest BCUT2D eigenvalue weighted by atomic mass is 10.2. The Hall–Kier alpha value is -4.45. The molecule has 2 aromatic carbocycles. The van der Waals surface area contributed by atoms with E-state index in [0.29, 0.717) is 17.0 Å². The number of amides is 1. The first kappa shape index (κ1) is 23.7. The van der Waals surface area contributed by atoms with E-state index in [9.17, 15) is 22.8 Å². The fourth-order valence-electron chi connectivity index (χ4n) is 3.44. The fourth-order valence-corrected chi connectivity index (χ4v) is 4.47. The molecule has 35 heavy (non-hydrogen) atoms. The molecule has 2 heterocycles. The molecule has 0 saturated carbocycles. The van der Waals surface area contributed by atoms with Gasteiger partial charge in [-0.25, -0.2) is 18.2 Å². The van der Waals surface area contributed by atoms with Gasteiger partial charge in [0.05, 0.1) is 18.2 Å². The minimum absolute atomic E-state index is 0.0131. The second kappa shape index (κ2) is 9.06. The van der Waals surface area contributed by atoms with E-state index in [1.54, 1.807) is 24.3 Å². The number of fused-ring (bicyclic) bond motifs is 1. The summed E-state index contributed by atoms with van der Waals surface area (Å²) in [6.07, 6.45) is 1.07. The predicted octanol–water partition coefficient (Wildman–Crippen LogP) is 1.69. The van der Waals surface area contributed by atoms with Gasteiger partial charge in [0.15, 0.2) is 0 Å². The van der Waals surface area contributed by atoms with Crippen molar-refractivity contribution in [3.8, 4) is 5.75 Å². The number of nitrogens with zero attached hydrogens (tertiary/aromatic N) is 3. The Bertz CT molecular complexity index is 1670. The molecule has 11 nitrogen and oxygen atoms in total. The Labute approximate surface area is 199 Å². The van der Waals surface area contributed by atoms with Crippen LogP contribution in [0.5, 0.6) is 5.75 Å². The lowest BCUT2D eigenvalue weighted by Crippen LogP contribution is -2.37. The third kappa shape index (κ3) is 4.51. The van der Waals surface area contributed by atoms with Crippen molar-refractivity contribution in [2.75, 3.05) is 17.1 Å². The highest BCUT2D eigenvalue weighted by molar-refractivity contribution is 7.92. The van der Waals surface area contributed by atoms with Gasteiger partial charge >= 0.3 is 5.69 Å². The molecule has 0 unspecified atom stereocenters. The number of anilines is 2. The average molecular weight is 496 g/mol. The second-order valence-corrected chi connectivity index (χ2v) is 9.27. The average Bonchev–Trinajstić information content (AvgIpc) is 2.86. The first-order valence-electron chi connectivity index (χ1n) is 10.3. The van der Waals surface area contributed by atoms with Crippen LogP contribution < -0.4 is 26.0 Å². The number of carbonyl (C=O) groups is 1. The fraction of sp³-hybridized carbons (Fsp3) is 0.130. The van der Waals surface area contributed by atoms with Crippen LogP contribution in [0.25, 0.3) is 11.0 Å². The maximum absolute atomic E-state index is 12.9. The summed E-state index contributed by atoms with van der Waals surface area (Å²) in [7, 11) is 0.123. The van der Waals surface area contributed by atoms with Crippen LogP contribution in [-0.4, -0.2) is 35.6 Å². The number of pyridine rings is 1. The van der Waals surface area contributed by atoms with Crippen molar-refractivity contribution in [1.82, 2.24) is 14.1 Å². The Balaban J connectivity index is 1.57. The Morgan fingerprint density at radius 3 is 2.37 bits per heavy atom. The van der Waals surface area contributed by atoms with E-state index in [4.69, 9.17) is 4.74 Å². The van der Waals surface area contributed by atoms with Gasteiger partial charge in [0.25, 0.3) is 21.5 Å². The van der Waals surface area contributed by atoms with Crippen LogP contribution in [0.2, 0.25) is 0 Å². The maximum atomic E-state index is 12.9. The first-order chi connectivity index (χ1) is 16.6. The zero-order valence-corrected chi connectivity index (χ0v) is 19.8. The summed E-state index contributed by atoms with van der Waals surface area (Å²) in [5.41, 5.74) is -0.153. The number of hydrogen-bond acceptors (Lipinski definition) is 7. The molecule has 2 aromatic heterocycles. The molecule has 1 amide bonds. The van der Waals surface area contributed by atoms with Crippen LogP contribution in [-0.2, 0) is 24.1 Å². The number of sulfonamides is 1. The molecule has 4 aromatic rings. The topological polar surface area (TPSA) is 141 Å². The number of benzene rings is 2. The molecule has 0 aliphatic carbocycles. The van der Waals surface area contributed by atoms with Gasteiger partial charge in [0, 0.05) is 31.5 Å². The molecule has 4 rings (SSSR count). The minimum Gasteiger partial charge on any atom is -0.495 e. The second-order valence-electron chi connectivity index (χ2n) is 7.59. The van der Waals surface area contributed by atoms with Crippen molar-refractivity contribution >= 4 is 38.3 Å². The normalized spacial score (nSPS) is 11.3. The third-order valence-corrected chi connectivity index (χ3v) is 6.68. The molecule has 2 N–H and O–H groups in total. The van der Waals surface area contributed by atoms with Crippen molar-refractivity contribution < 1.29 is 17.9 Å². The number of ether oxygens (including phenoxy) is 1. The van der Waals surface area contributed by atoms with E-state index >= 15 is 0 Å². The summed E-state index contributed by atoms with van der Waals surface area (Å²) in [6, 6.07) is 13.9. The van der Waals surface area contributed by atoms with Gasteiger partial charge in [0.1, 0.15) is 16.3 Å². The Kier molecular flexibility index (Phi) is 6.14. The number of methoxy groups -OCH3 is 1. The lowest BCUT2D eigenvalue weighted by Gasteiger charge is -2.12. The smallest absolute Gasteiger partial charge is 0.332 e. The largest absolute Gasteiger partial charge is 0.495 e. The Morgan fingerprint density at radius 1 is 1.00 bits per heavy atom. The standard InChI is InChI=1S/C23H21N5O6S/c1-27-20-17(22(30)28(2)23(27)31)12-16(13-24-20)35(32,33)26-15-10-8-14(9-11-15)21(29)25-18-6-4-5-7-19(18)34-3/h4-13,26H,1-3H3,(H,25,29). The van der Waals surface area contributed by atoms with Gasteiger partial charge in [-0.1, -0.05) is 12.1 Å². The predicted molar refractivity (Wildman–Crippen MR) is 130 cm³/mol. The van der Waals surface area contributed by atoms with E-state index in [0.717, 1.165) is 15.3 Å². The highest BCUT2D eigenvalue weighted by Gasteiger charge is 2.19. The molecule has 0 aliphatic heterocycles. The summed E-state index contributed by atoms with van der Waals surface area (Å²) in [5, 5.41) is 2.73. The van der Waals surface area contributed by atoms with E-state index < -0.39 is 27.2 Å². The summed E-state index contributed by atoms with van der Waals surface area (Å²) in [5.74, 6) is 0.105. The van der Waals surface area contributed by atoms with Crippen molar-refractivity contribution in [2.45, 2.75) is 4.90 Å². The van der Waals surface area contributed by atoms with Crippen molar-refractivity contribution in [3.63, 3.8) is 0 Å². The summed E-state index contributed by atoms with van der Waals surface area (Å²) in [4.78, 5) is 40.8. The number of para-hydroxylation sites is 2. The van der Waals surface area contributed by atoms with Crippen LogP contribution in [0, 0.1) is 0 Å². The van der Waals surface area contributed by atoms with E-state index in [1.165, 1.54) is 51.5 Å². The van der Waals surface area contributed by atoms with E-state index in [1.807, 2.05) is 0 Å². The number of aromatic nitrogens is 3. The zero-order chi connectivity index (χ0) is 25.3. The molecule has 0 fully saturated rings. The monoisotopic (exact) mass is 495 g/mol. The van der Waals surface area contributed by atoms with Crippen molar-refractivity contribution in [3.05, 3.63) is 87.2 Å².